The number of aliphatic hydroxyl groups excluding tert-OH is 1. The highest BCUT2D eigenvalue weighted by molar-refractivity contribution is 5.68. The number of benzene rings is 1. The second kappa shape index (κ2) is 10.1. The Morgan fingerprint density at radius 2 is 2.04 bits per heavy atom. The second-order valence-electron chi connectivity index (χ2n) is 8.75. The maximum absolute atomic E-state index is 12.3. The average Bonchev–Trinajstić information content (AvgIpc) is 2.62. The third-order valence-corrected chi connectivity index (χ3v) is 5.33. The summed E-state index contributed by atoms with van der Waals surface area (Å²) in [4.78, 5) is 14.1. The van der Waals surface area contributed by atoms with Gasteiger partial charge < -0.3 is 20.1 Å². The number of hydrogen-bond donors (Lipinski definition) is 2. The van der Waals surface area contributed by atoms with Crippen LogP contribution in [0.15, 0.2) is 30.3 Å². The maximum Gasteiger partial charge on any atom is 0.410 e. The van der Waals surface area contributed by atoms with Gasteiger partial charge in [-0.3, -0.25) is 0 Å². The number of amides is 1. The molecule has 152 valence electrons. The predicted molar refractivity (Wildman–Crippen MR) is 108 cm³/mol. The van der Waals surface area contributed by atoms with Crippen molar-refractivity contribution < 1.29 is 14.6 Å². The van der Waals surface area contributed by atoms with Crippen LogP contribution in [0, 0.1) is 17.8 Å². The number of aliphatic hydroxyl groups is 1. The molecule has 2 N–H and O–H groups in total. The molecule has 1 amide bonds. The molecule has 1 fully saturated rings. The number of carbonyl (C=O) groups is 1. The van der Waals surface area contributed by atoms with Gasteiger partial charge in [0.1, 0.15) is 5.60 Å². The summed E-state index contributed by atoms with van der Waals surface area (Å²) in [7, 11) is 0. The van der Waals surface area contributed by atoms with Gasteiger partial charge in [0.25, 0.3) is 0 Å². The molecular weight excluding hydrogens is 340 g/mol. The normalized spacial score (nSPS) is 21.7. The molecule has 1 aliphatic rings. The van der Waals surface area contributed by atoms with Crippen molar-refractivity contribution in [3.8, 4) is 0 Å². The quantitative estimate of drug-likeness (QED) is 0.713. The van der Waals surface area contributed by atoms with Crippen molar-refractivity contribution in [1.29, 1.82) is 0 Å². The zero-order valence-electron chi connectivity index (χ0n) is 17.3. The van der Waals surface area contributed by atoms with Gasteiger partial charge in [0.2, 0.25) is 0 Å². The third kappa shape index (κ3) is 7.15. The fourth-order valence-electron chi connectivity index (χ4n) is 3.91. The van der Waals surface area contributed by atoms with Crippen molar-refractivity contribution in [2.75, 3.05) is 26.2 Å². The van der Waals surface area contributed by atoms with Gasteiger partial charge in [-0.1, -0.05) is 37.3 Å². The van der Waals surface area contributed by atoms with Gasteiger partial charge in [-0.15, -0.1) is 0 Å². The van der Waals surface area contributed by atoms with Crippen LogP contribution in [0.1, 0.15) is 46.1 Å². The summed E-state index contributed by atoms with van der Waals surface area (Å²) in [5.74, 6) is 1.06. The van der Waals surface area contributed by atoms with Crippen LogP contribution in [0.5, 0.6) is 0 Å². The molecule has 27 heavy (non-hydrogen) atoms. The van der Waals surface area contributed by atoms with E-state index >= 15 is 0 Å². The second-order valence-corrected chi connectivity index (χ2v) is 8.75. The standard InChI is InChI=1S/C22H36N2O3/c1-17-15-24(21(26)27-22(2,3)4)13-11-20(17)19(16-25)10-12-23-14-18-8-6-5-7-9-18/h5-9,17,19-20,23,25H,10-16H2,1-4H3. The highest BCUT2D eigenvalue weighted by Gasteiger charge is 2.34. The molecule has 3 unspecified atom stereocenters. The van der Waals surface area contributed by atoms with Crippen LogP contribution in [0.25, 0.3) is 0 Å². The number of nitrogens with one attached hydrogen (secondary N) is 1. The first-order chi connectivity index (χ1) is 12.8. The summed E-state index contributed by atoms with van der Waals surface area (Å²) in [5, 5.41) is 13.4. The van der Waals surface area contributed by atoms with Gasteiger partial charge in [-0.2, -0.15) is 0 Å². The van der Waals surface area contributed by atoms with Gasteiger partial charge in [0.05, 0.1) is 0 Å². The first-order valence-corrected chi connectivity index (χ1v) is 10.1. The van der Waals surface area contributed by atoms with Crippen molar-refractivity contribution in [2.24, 2.45) is 17.8 Å². The number of hydrogen-bond acceptors (Lipinski definition) is 4. The van der Waals surface area contributed by atoms with E-state index in [4.69, 9.17) is 4.74 Å². The lowest BCUT2D eigenvalue weighted by Gasteiger charge is -2.40. The predicted octanol–water partition coefficient (Wildman–Crippen LogP) is 3.67. The highest BCUT2D eigenvalue weighted by atomic mass is 16.6. The summed E-state index contributed by atoms with van der Waals surface area (Å²) >= 11 is 0. The van der Waals surface area contributed by atoms with E-state index in [0.717, 1.165) is 25.9 Å². The summed E-state index contributed by atoms with van der Waals surface area (Å²) in [6.07, 6.45) is 1.65. The smallest absolute Gasteiger partial charge is 0.410 e. The lowest BCUT2D eigenvalue weighted by Crippen LogP contribution is -2.47. The van der Waals surface area contributed by atoms with E-state index < -0.39 is 5.60 Å². The molecule has 0 bridgehead atoms. The Balaban J connectivity index is 1.77. The lowest BCUT2D eigenvalue weighted by molar-refractivity contribution is 0.00271. The van der Waals surface area contributed by atoms with Gasteiger partial charge in [0.15, 0.2) is 0 Å². The fraction of sp³-hybridized carbons (Fsp3) is 0.682. The number of piperidine rings is 1. The Labute approximate surface area is 164 Å². The van der Waals surface area contributed by atoms with Gasteiger partial charge in [0, 0.05) is 26.2 Å². The molecule has 2 rings (SSSR count). The van der Waals surface area contributed by atoms with Gasteiger partial charge in [-0.05, 0) is 63.5 Å². The van der Waals surface area contributed by atoms with E-state index in [1.54, 1.807) is 0 Å². The Kier molecular flexibility index (Phi) is 8.11. The van der Waals surface area contributed by atoms with E-state index in [1.165, 1.54) is 5.56 Å². The Hall–Kier alpha value is -1.59. The highest BCUT2D eigenvalue weighted by Crippen LogP contribution is 2.32. The summed E-state index contributed by atoms with van der Waals surface area (Å²) in [5.41, 5.74) is 0.812. The maximum atomic E-state index is 12.3. The first kappa shape index (κ1) is 21.7. The Bertz CT molecular complexity index is 571. The average molecular weight is 377 g/mol. The topological polar surface area (TPSA) is 61.8 Å². The van der Waals surface area contributed by atoms with E-state index in [-0.39, 0.29) is 18.6 Å². The zero-order valence-corrected chi connectivity index (χ0v) is 17.3. The van der Waals surface area contributed by atoms with Gasteiger partial charge in [-0.25, -0.2) is 4.79 Å². The zero-order chi connectivity index (χ0) is 19.9. The molecule has 0 saturated carbocycles. The van der Waals surface area contributed by atoms with E-state index in [0.29, 0.717) is 24.9 Å². The van der Waals surface area contributed by atoms with Crippen molar-refractivity contribution >= 4 is 6.09 Å². The van der Waals surface area contributed by atoms with E-state index in [2.05, 4.69) is 24.4 Å². The van der Waals surface area contributed by atoms with Gasteiger partial charge >= 0.3 is 6.09 Å². The van der Waals surface area contributed by atoms with Crippen LogP contribution in [-0.2, 0) is 11.3 Å². The number of ether oxygens (including phenoxy) is 1. The monoisotopic (exact) mass is 376 g/mol. The minimum absolute atomic E-state index is 0.203. The molecule has 5 heteroatoms. The van der Waals surface area contributed by atoms with Crippen molar-refractivity contribution in [3.63, 3.8) is 0 Å². The number of carbonyl (C=O) groups excluding carboxylic acids is 1. The van der Waals surface area contributed by atoms with Crippen LogP contribution in [0.4, 0.5) is 4.79 Å². The number of rotatable bonds is 7. The first-order valence-electron chi connectivity index (χ1n) is 10.1. The molecule has 0 aliphatic carbocycles. The molecule has 5 nitrogen and oxygen atoms in total. The van der Waals surface area contributed by atoms with Crippen molar-refractivity contribution in [1.82, 2.24) is 10.2 Å². The summed E-state index contributed by atoms with van der Waals surface area (Å²) in [6.45, 7) is 11.2. The minimum atomic E-state index is -0.463. The molecular formula is C22H36N2O3. The van der Waals surface area contributed by atoms with Crippen LogP contribution in [-0.4, -0.2) is 47.9 Å². The van der Waals surface area contributed by atoms with E-state index in [1.807, 2.05) is 43.9 Å². The third-order valence-electron chi connectivity index (χ3n) is 5.33. The lowest BCUT2D eigenvalue weighted by atomic mass is 9.76. The van der Waals surface area contributed by atoms with Crippen LogP contribution in [0.3, 0.4) is 0 Å². The van der Waals surface area contributed by atoms with Crippen LogP contribution >= 0.6 is 0 Å². The van der Waals surface area contributed by atoms with E-state index in [9.17, 15) is 9.90 Å². The molecule has 0 spiro atoms. The summed E-state index contributed by atoms with van der Waals surface area (Å²) < 4.78 is 5.50. The molecule has 1 aliphatic heterocycles. The van der Waals surface area contributed by atoms with Crippen molar-refractivity contribution in [3.05, 3.63) is 35.9 Å². The molecule has 0 radical (unpaired) electrons. The number of nitrogens with zero attached hydrogens (tertiary/aromatic N) is 1. The Morgan fingerprint density at radius 3 is 2.63 bits per heavy atom. The largest absolute Gasteiger partial charge is 0.444 e. The number of likely N-dealkylation sites (tertiary alicyclic amines) is 1. The minimum Gasteiger partial charge on any atom is -0.444 e. The summed E-state index contributed by atoms with van der Waals surface area (Å²) in [6, 6.07) is 10.4. The molecule has 1 heterocycles. The molecule has 1 aromatic rings. The fourth-order valence-corrected chi connectivity index (χ4v) is 3.91. The van der Waals surface area contributed by atoms with Crippen molar-refractivity contribution in [2.45, 2.75) is 52.7 Å². The van der Waals surface area contributed by atoms with Crippen LogP contribution < -0.4 is 5.32 Å². The molecule has 1 saturated heterocycles. The molecule has 1 aromatic carbocycles. The Morgan fingerprint density at radius 1 is 1.33 bits per heavy atom. The molecule has 0 aromatic heterocycles. The SMILES string of the molecule is CC1CN(C(=O)OC(C)(C)C)CCC1C(CO)CCNCc1ccccc1. The molecule has 3 atom stereocenters. The van der Waals surface area contributed by atoms with Crippen LogP contribution in [0.2, 0.25) is 0 Å².